The number of carbonyl (C=O) groups excluding carboxylic acids is 2. The molecule has 2 amide bonds. The Balaban J connectivity index is 1.50. The third-order valence-corrected chi connectivity index (χ3v) is 3.44. The minimum atomic E-state index is -4.81. The lowest BCUT2D eigenvalue weighted by atomic mass is 10.3. The van der Waals surface area contributed by atoms with Gasteiger partial charge in [0.1, 0.15) is 23.5 Å². The van der Waals surface area contributed by atoms with Gasteiger partial charge in [-0.25, -0.2) is 0 Å². The van der Waals surface area contributed by atoms with E-state index in [-0.39, 0.29) is 12.2 Å². The first-order chi connectivity index (χ1) is 13.3. The van der Waals surface area contributed by atoms with Gasteiger partial charge in [0.15, 0.2) is 0 Å². The van der Waals surface area contributed by atoms with Crippen LogP contribution in [-0.2, 0) is 16.1 Å². The fraction of sp³-hybridized carbons (Fsp3) is 0.111. The Morgan fingerprint density at radius 3 is 2.39 bits per heavy atom. The zero-order chi connectivity index (χ0) is 20.1. The van der Waals surface area contributed by atoms with Crippen LogP contribution < -0.4 is 15.4 Å². The molecule has 2 heterocycles. The van der Waals surface area contributed by atoms with E-state index in [2.05, 4.69) is 15.4 Å². The lowest BCUT2D eigenvalue weighted by Gasteiger charge is -2.10. The zero-order valence-corrected chi connectivity index (χ0v) is 14.1. The molecule has 28 heavy (non-hydrogen) atoms. The number of hydrogen-bond donors (Lipinski definition) is 2. The molecule has 0 unspecified atom stereocenters. The van der Waals surface area contributed by atoms with Crippen LogP contribution in [0.5, 0.6) is 5.75 Å². The van der Waals surface area contributed by atoms with Crippen molar-refractivity contribution in [3.05, 3.63) is 60.8 Å². The van der Waals surface area contributed by atoms with Gasteiger partial charge in [-0.2, -0.15) is 0 Å². The van der Waals surface area contributed by atoms with Gasteiger partial charge in [-0.15, -0.1) is 13.2 Å². The normalized spacial score (nSPS) is 11.1. The van der Waals surface area contributed by atoms with Crippen LogP contribution in [-0.4, -0.2) is 18.2 Å². The maximum atomic E-state index is 12.1. The number of rotatable bonds is 5. The molecule has 3 aromatic rings. The fourth-order valence-electron chi connectivity index (χ4n) is 2.21. The number of nitrogens with one attached hydrogen (secondary N) is 2. The SMILES string of the molecule is O=C(NCc1ccc(-c2ccoc2)o1)C(=O)Nc1ccc(OC(F)(F)F)cc1. The molecule has 0 aliphatic rings. The number of alkyl halides is 3. The molecule has 0 saturated heterocycles. The molecule has 2 N–H and O–H groups in total. The second kappa shape index (κ2) is 7.91. The number of amides is 2. The number of ether oxygens (including phenoxy) is 1. The monoisotopic (exact) mass is 394 g/mol. The summed E-state index contributed by atoms with van der Waals surface area (Å²) in [6.45, 7) is -0.0253. The Hall–Kier alpha value is -3.69. The highest BCUT2D eigenvalue weighted by molar-refractivity contribution is 6.39. The quantitative estimate of drug-likeness (QED) is 0.644. The Labute approximate surface area is 156 Å². The molecule has 2 aromatic heterocycles. The summed E-state index contributed by atoms with van der Waals surface area (Å²) in [5.74, 6) is -1.39. The highest BCUT2D eigenvalue weighted by atomic mass is 19.4. The summed E-state index contributed by atoms with van der Waals surface area (Å²) in [7, 11) is 0. The molecular formula is C18H13F3N2O5. The van der Waals surface area contributed by atoms with Crippen molar-refractivity contribution < 1.29 is 36.3 Å². The van der Waals surface area contributed by atoms with Crippen LogP contribution in [0.1, 0.15) is 5.76 Å². The van der Waals surface area contributed by atoms with Crippen molar-refractivity contribution in [1.29, 1.82) is 0 Å². The van der Waals surface area contributed by atoms with E-state index in [0.29, 0.717) is 11.5 Å². The van der Waals surface area contributed by atoms with E-state index in [0.717, 1.165) is 17.7 Å². The van der Waals surface area contributed by atoms with Crippen molar-refractivity contribution in [3.63, 3.8) is 0 Å². The van der Waals surface area contributed by atoms with Gasteiger partial charge in [-0.1, -0.05) is 0 Å². The minimum absolute atomic E-state index is 0.0253. The lowest BCUT2D eigenvalue weighted by Crippen LogP contribution is -2.34. The van der Waals surface area contributed by atoms with Crippen molar-refractivity contribution in [2.24, 2.45) is 0 Å². The zero-order valence-electron chi connectivity index (χ0n) is 14.1. The molecule has 1 aromatic carbocycles. The van der Waals surface area contributed by atoms with Crippen molar-refractivity contribution in [3.8, 4) is 17.1 Å². The molecular weight excluding hydrogens is 381 g/mol. The Morgan fingerprint density at radius 2 is 1.75 bits per heavy atom. The summed E-state index contributed by atoms with van der Waals surface area (Å²) in [6.07, 6.45) is -1.82. The van der Waals surface area contributed by atoms with E-state index in [1.807, 2.05) is 0 Å². The second-order valence-electron chi connectivity index (χ2n) is 5.49. The van der Waals surface area contributed by atoms with Crippen LogP contribution in [0.3, 0.4) is 0 Å². The second-order valence-corrected chi connectivity index (χ2v) is 5.49. The van der Waals surface area contributed by atoms with Crippen LogP contribution in [0.25, 0.3) is 11.3 Å². The van der Waals surface area contributed by atoms with Gasteiger partial charge in [0.2, 0.25) is 0 Å². The summed E-state index contributed by atoms with van der Waals surface area (Å²) >= 11 is 0. The van der Waals surface area contributed by atoms with E-state index in [1.54, 1.807) is 18.2 Å². The minimum Gasteiger partial charge on any atom is -0.472 e. The van der Waals surface area contributed by atoms with Crippen LogP contribution in [0.2, 0.25) is 0 Å². The summed E-state index contributed by atoms with van der Waals surface area (Å²) < 4.78 is 50.5. The predicted octanol–water partition coefficient (Wildman–Crippen LogP) is 3.69. The van der Waals surface area contributed by atoms with E-state index in [4.69, 9.17) is 8.83 Å². The highest BCUT2D eigenvalue weighted by Crippen LogP contribution is 2.24. The van der Waals surface area contributed by atoms with Gasteiger partial charge in [-0.05, 0) is 42.5 Å². The molecule has 0 fully saturated rings. The number of hydrogen-bond acceptors (Lipinski definition) is 5. The van der Waals surface area contributed by atoms with Crippen molar-refractivity contribution in [2.45, 2.75) is 12.9 Å². The Kier molecular flexibility index (Phi) is 5.39. The maximum absolute atomic E-state index is 12.1. The van der Waals surface area contributed by atoms with Gasteiger partial charge >= 0.3 is 18.2 Å². The average molecular weight is 394 g/mol. The number of carbonyl (C=O) groups is 2. The number of furan rings is 2. The molecule has 3 rings (SSSR count). The molecule has 10 heteroatoms. The Bertz CT molecular complexity index is 947. The molecule has 0 atom stereocenters. The van der Waals surface area contributed by atoms with Gasteiger partial charge in [0.05, 0.1) is 18.4 Å². The van der Waals surface area contributed by atoms with Crippen molar-refractivity contribution in [2.75, 3.05) is 5.32 Å². The molecule has 0 aliphatic carbocycles. The standard InChI is InChI=1S/C18H13F3N2O5/c19-18(20,21)28-13-3-1-12(2-4-13)23-17(25)16(24)22-9-14-5-6-15(27-14)11-7-8-26-10-11/h1-8,10H,9H2,(H,22,24)(H,23,25). The smallest absolute Gasteiger partial charge is 0.472 e. The van der Waals surface area contributed by atoms with Crippen LogP contribution >= 0.6 is 0 Å². The molecule has 146 valence electrons. The third-order valence-electron chi connectivity index (χ3n) is 3.44. The number of halogens is 3. The first kappa shape index (κ1) is 19.1. The molecule has 0 aliphatic heterocycles. The Morgan fingerprint density at radius 1 is 1.00 bits per heavy atom. The largest absolute Gasteiger partial charge is 0.573 e. The number of anilines is 1. The maximum Gasteiger partial charge on any atom is 0.573 e. The van der Waals surface area contributed by atoms with Crippen LogP contribution in [0.4, 0.5) is 18.9 Å². The lowest BCUT2D eigenvalue weighted by molar-refractivity contribution is -0.274. The molecule has 0 bridgehead atoms. The van der Waals surface area contributed by atoms with E-state index < -0.39 is 23.9 Å². The first-order valence-corrected chi connectivity index (χ1v) is 7.86. The van der Waals surface area contributed by atoms with E-state index >= 15 is 0 Å². The van der Waals surface area contributed by atoms with Gasteiger partial charge in [0.25, 0.3) is 0 Å². The van der Waals surface area contributed by atoms with Crippen LogP contribution in [0.15, 0.2) is 63.8 Å². The fourth-order valence-corrected chi connectivity index (χ4v) is 2.21. The van der Waals surface area contributed by atoms with Crippen molar-refractivity contribution in [1.82, 2.24) is 5.32 Å². The van der Waals surface area contributed by atoms with Crippen molar-refractivity contribution >= 4 is 17.5 Å². The summed E-state index contributed by atoms with van der Waals surface area (Å²) in [6, 6.07) is 9.42. The molecule has 0 saturated carbocycles. The summed E-state index contributed by atoms with van der Waals surface area (Å²) in [4.78, 5) is 23.7. The average Bonchev–Trinajstić information content (AvgIpc) is 3.31. The molecule has 0 spiro atoms. The predicted molar refractivity (Wildman–Crippen MR) is 90.0 cm³/mol. The molecule has 0 radical (unpaired) electrons. The number of benzene rings is 1. The van der Waals surface area contributed by atoms with Crippen LogP contribution in [0, 0.1) is 0 Å². The topological polar surface area (TPSA) is 93.7 Å². The third kappa shape index (κ3) is 5.16. The summed E-state index contributed by atoms with van der Waals surface area (Å²) in [5.41, 5.74) is 0.864. The highest BCUT2D eigenvalue weighted by Gasteiger charge is 2.31. The first-order valence-electron chi connectivity index (χ1n) is 7.86. The van der Waals surface area contributed by atoms with E-state index in [1.165, 1.54) is 24.7 Å². The summed E-state index contributed by atoms with van der Waals surface area (Å²) in [5, 5.41) is 4.64. The van der Waals surface area contributed by atoms with Gasteiger partial charge < -0.3 is 24.2 Å². The van der Waals surface area contributed by atoms with Gasteiger partial charge in [-0.3, -0.25) is 9.59 Å². The van der Waals surface area contributed by atoms with Gasteiger partial charge in [0, 0.05) is 5.69 Å². The van der Waals surface area contributed by atoms with E-state index in [9.17, 15) is 22.8 Å². The molecule has 7 nitrogen and oxygen atoms in total.